The van der Waals surface area contributed by atoms with E-state index in [0.717, 1.165) is 23.1 Å². The summed E-state index contributed by atoms with van der Waals surface area (Å²) in [5, 5.41) is 19.9. The average molecular weight is 240 g/mol. The number of aromatic hydroxyl groups is 2. The molecule has 2 N–H and O–H groups in total. The van der Waals surface area contributed by atoms with E-state index in [4.69, 9.17) is 0 Å². The molecule has 0 saturated heterocycles. The van der Waals surface area contributed by atoms with Gasteiger partial charge in [-0.25, -0.2) is 0 Å². The second kappa shape index (κ2) is 3.77. The first-order chi connectivity index (χ1) is 8.59. The molecule has 0 unspecified atom stereocenters. The predicted octanol–water partition coefficient (Wildman–Crippen LogP) is 3.79. The van der Waals surface area contributed by atoms with Gasteiger partial charge in [-0.2, -0.15) is 0 Å². The zero-order valence-electron chi connectivity index (χ0n) is 10.6. The lowest BCUT2D eigenvalue weighted by molar-refractivity contribution is 0.397. The van der Waals surface area contributed by atoms with Gasteiger partial charge in [-0.05, 0) is 40.7 Å². The molecule has 2 nitrogen and oxygen atoms in total. The SMILES string of the molecule is CC(C)c1c(O)c(O)cc2c1Cc1ccccc1-2. The largest absolute Gasteiger partial charge is 0.504 e. The smallest absolute Gasteiger partial charge is 0.161 e. The van der Waals surface area contributed by atoms with Gasteiger partial charge >= 0.3 is 0 Å². The van der Waals surface area contributed by atoms with Gasteiger partial charge in [0, 0.05) is 5.56 Å². The minimum absolute atomic E-state index is 0.0193. The van der Waals surface area contributed by atoms with Crippen LogP contribution in [0.15, 0.2) is 30.3 Å². The number of rotatable bonds is 1. The van der Waals surface area contributed by atoms with E-state index in [1.165, 1.54) is 11.1 Å². The molecule has 18 heavy (non-hydrogen) atoms. The summed E-state index contributed by atoms with van der Waals surface area (Å²) in [7, 11) is 0. The van der Waals surface area contributed by atoms with E-state index in [-0.39, 0.29) is 17.4 Å². The molecule has 0 radical (unpaired) electrons. The van der Waals surface area contributed by atoms with Gasteiger partial charge in [-0.1, -0.05) is 38.1 Å². The van der Waals surface area contributed by atoms with Crippen molar-refractivity contribution in [3.63, 3.8) is 0 Å². The Bertz CT molecular complexity index is 627. The molecular weight excluding hydrogens is 224 g/mol. The molecule has 0 spiro atoms. The van der Waals surface area contributed by atoms with Gasteiger partial charge < -0.3 is 10.2 Å². The molecule has 0 aliphatic heterocycles. The van der Waals surface area contributed by atoms with Crippen molar-refractivity contribution in [2.24, 2.45) is 0 Å². The van der Waals surface area contributed by atoms with Gasteiger partial charge in [0.25, 0.3) is 0 Å². The minimum Gasteiger partial charge on any atom is -0.504 e. The summed E-state index contributed by atoms with van der Waals surface area (Å²) in [4.78, 5) is 0. The number of benzene rings is 2. The Kier molecular flexibility index (Phi) is 2.34. The summed E-state index contributed by atoms with van der Waals surface area (Å²) in [6, 6.07) is 9.89. The highest BCUT2D eigenvalue weighted by atomic mass is 16.3. The highest BCUT2D eigenvalue weighted by Gasteiger charge is 2.26. The third kappa shape index (κ3) is 1.42. The lowest BCUT2D eigenvalue weighted by atomic mass is 9.92. The molecule has 1 aliphatic carbocycles. The molecule has 2 aromatic carbocycles. The Morgan fingerprint density at radius 2 is 1.78 bits per heavy atom. The molecule has 0 saturated carbocycles. The second-order valence-corrected chi connectivity index (χ2v) is 5.17. The van der Waals surface area contributed by atoms with Crippen LogP contribution in [0.1, 0.15) is 36.5 Å². The summed E-state index contributed by atoms with van der Waals surface area (Å²) in [5.74, 6) is 0.214. The van der Waals surface area contributed by atoms with Gasteiger partial charge in [0.05, 0.1) is 0 Å². The van der Waals surface area contributed by atoms with Crippen LogP contribution in [0.4, 0.5) is 0 Å². The molecule has 92 valence electrons. The van der Waals surface area contributed by atoms with E-state index in [0.29, 0.717) is 0 Å². The van der Waals surface area contributed by atoms with Crippen molar-refractivity contribution in [2.45, 2.75) is 26.2 Å². The highest BCUT2D eigenvalue weighted by Crippen LogP contribution is 2.47. The van der Waals surface area contributed by atoms with Gasteiger partial charge in [0.2, 0.25) is 0 Å². The van der Waals surface area contributed by atoms with Crippen molar-refractivity contribution in [1.82, 2.24) is 0 Å². The van der Waals surface area contributed by atoms with Crippen LogP contribution in [-0.4, -0.2) is 10.2 Å². The van der Waals surface area contributed by atoms with Gasteiger partial charge in [-0.15, -0.1) is 0 Å². The number of hydrogen-bond acceptors (Lipinski definition) is 2. The third-order valence-corrected chi connectivity index (χ3v) is 3.68. The maximum Gasteiger partial charge on any atom is 0.161 e. The van der Waals surface area contributed by atoms with Crippen LogP contribution in [0.3, 0.4) is 0 Å². The molecule has 0 amide bonds. The van der Waals surface area contributed by atoms with Gasteiger partial charge in [-0.3, -0.25) is 0 Å². The van der Waals surface area contributed by atoms with E-state index in [9.17, 15) is 10.2 Å². The first-order valence-electron chi connectivity index (χ1n) is 6.25. The number of fused-ring (bicyclic) bond motifs is 3. The average Bonchev–Trinajstić information content (AvgIpc) is 2.68. The Labute approximate surface area is 107 Å². The summed E-state index contributed by atoms with van der Waals surface area (Å²) < 4.78 is 0. The lowest BCUT2D eigenvalue weighted by Crippen LogP contribution is -1.96. The lowest BCUT2D eigenvalue weighted by Gasteiger charge is -2.15. The van der Waals surface area contributed by atoms with E-state index in [1.54, 1.807) is 6.07 Å². The van der Waals surface area contributed by atoms with E-state index in [1.807, 2.05) is 26.0 Å². The van der Waals surface area contributed by atoms with Crippen molar-refractivity contribution < 1.29 is 10.2 Å². The topological polar surface area (TPSA) is 40.5 Å². The summed E-state index contributed by atoms with van der Waals surface area (Å²) in [5.41, 5.74) is 5.52. The van der Waals surface area contributed by atoms with Crippen molar-refractivity contribution in [3.8, 4) is 22.6 Å². The normalized spacial score (nSPS) is 12.6. The fourth-order valence-corrected chi connectivity index (χ4v) is 2.90. The zero-order valence-corrected chi connectivity index (χ0v) is 10.6. The van der Waals surface area contributed by atoms with Gasteiger partial charge in [0.1, 0.15) is 0 Å². The molecule has 3 rings (SSSR count). The first-order valence-corrected chi connectivity index (χ1v) is 6.25. The van der Waals surface area contributed by atoms with Crippen molar-refractivity contribution in [2.75, 3.05) is 0 Å². The van der Waals surface area contributed by atoms with Crippen LogP contribution in [-0.2, 0) is 6.42 Å². The fourth-order valence-electron chi connectivity index (χ4n) is 2.90. The van der Waals surface area contributed by atoms with Crippen LogP contribution in [0.2, 0.25) is 0 Å². The molecular formula is C16H16O2. The zero-order chi connectivity index (χ0) is 12.9. The quantitative estimate of drug-likeness (QED) is 0.635. The standard InChI is InChI=1S/C16H16O2/c1-9(2)15-13-7-10-5-3-4-6-11(10)12(13)8-14(17)16(15)18/h3-6,8-9,17-18H,7H2,1-2H3. The Morgan fingerprint density at radius 1 is 1.06 bits per heavy atom. The molecule has 0 atom stereocenters. The molecule has 1 aliphatic rings. The molecule has 0 aromatic heterocycles. The van der Waals surface area contributed by atoms with Crippen molar-refractivity contribution in [1.29, 1.82) is 0 Å². The van der Waals surface area contributed by atoms with Crippen molar-refractivity contribution in [3.05, 3.63) is 47.0 Å². The third-order valence-electron chi connectivity index (χ3n) is 3.68. The van der Waals surface area contributed by atoms with E-state index < -0.39 is 0 Å². The predicted molar refractivity (Wildman–Crippen MR) is 72.1 cm³/mol. The van der Waals surface area contributed by atoms with Crippen LogP contribution < -0.4 is 0 Å². The van der Waals surface area contributed by atoms with Crippen LogP contribution >= 0.6 is 0 Å². The molecule has 2 aromatic rings. The minimum atomic E-state index is -0.0193. The fraction of sp³-hybridized carbons (Fsp3) is 0.250. The number of phenolic OH excluding ortho intramolecular Hbond substituents is 2. The molecule has 0 heterocycles. The van der Waals surface area contributed by atoms with E-state index in [2.05, 4.69) is 12.1 Å². The molecule has 0 bridgehead atoms. The Balaban J connectivity index is 2.32. The van der Waals surface area contributed by atoms with Crippen LogP contribution in [0.5, 0.6) is 11.5 Å². The van der Waals surface area contributed by atoms with E-state index >= 15 is 0 Å². The Hall–Kier alpha value is -1.96. The monoisotopic (exact) mass is 240 g/mol. The molecule has 2 heteroatoms. The maximum atomic E-state index is 10.1. The van der Waals surface area contributed by atoms with Crippen molar-refractivity contribution >= 4 is 0 Å². The number of hydrogen-bond donors (Lipinski definition) is 2. The summed E-state index contributed by atoms with van der Waals surface area (Å²) in [6.45, 7) is 4.08. The Morgan fingerprint density at radius 3 is 2.50 bits per heavy atom. The second-order valence-electron chi connectivity index (χ2n) is 5.17. The molecule has 0 fully saturated rings. The summed E-state index contributed by atoms with van der Waals surface area (Å²) in [6.07, 6.45) is 0.840. The maximum absolute atomic E-state index is 10.1. The van der Waals surface area contributed by atoms with Crippen LogP contribution in [0.25, 0.3) is 11.1 Å². The van der Waals surface area contributed by atoms with Crippen LogP contribution in [0, 0.1) is 0 Å². The first kappa shape index (κ1) is 11.1. The highest BCUT2D eigenvalue weighted by molar-refractivity contribution is 5.81. The number of phenols is 2. The summed E-state index contributed by atoms with van der Waals surface area (Å²) >= 11 is 0. The van der Waals surface area contributed by atoms with Gasteiger partial charge in [0.15, 0.2) is 11.5 Å².